The fraction of sp³-hybridized carbons (Fsp3) is 0.440. The Labute approximate surface area is 182 Å². The lowest BCUT2D eigenvalue weighted by molar-refractivity contribution is 0.191. The molecule has 4 rings (SSSR count). The summed E-state index contributed by atoms with van der Waals surface area (Å²) in [6, 6.07) is 12.1. The quantitative estimate of drug-likeness (QED) is 0.631. The second-order valence-corrected chi connectivity index (χ2v) is 8.51. The summed E-state index contributed by atoms with van der Waals surface area (Å²) >= 11 is 0. The van der Waals surface area contributed by atoms with Gasteiger partial charge in [0.15, 0.2) is 0 Å². The Morgan fingerprint density at radius 1 is 1.10 bits per heavy atom. The van der Waals surface area contributed by atoms with Crippen molar-refractivity contribution < 1.29 is 4.39 Å². The Morgan fingerprint density at radius 2 is 1.87 bits per heavy atom. The number of rotatable bonds is 7. The molecule has 0 aliphatic carbocycles. The molecule has 164 valence electrons. The van der Waals surface area contributed by atoms with E-state index in [0.29, 0.717) is 24.7 Å². The first-order valence-electron chi connectivity index (χ1n) is 11.2. The van der Waals surface area contributed by atoms with Crippen LogP contribution in [0.15, 0.2) is 47.4 Å². The third kappa shape index (κ3) is 5.20. The summed E-state index contributed by atoms with van der Waals surface area (Å²) in [5, 5.41) is 3.57. The van der Waals surface area contributed by atoms with Crippen LogP contribution in [0.2, 0.25) is 0 Å². The van der Waals surface area contributed by atoms with E-state index in [1.807, 2.05) is 22.8 Å². The molecule has 1 N–H and O–H groups in total. The Hall–Kier alpha value is -2.57. The molecule has 2 aromatic carbocycles. The second kappa shape index (κ2) is 9.71. The van der Waals surface area contributed by atoms with Crippen molar-refractivity contribution in [1.82, 2.24) is 19.8 Å². The van der Waals surface area contributed by atoms with E-state index in [2.05, 4.69) is 34.3 Å². The van der Waals surface area contributed by atoms with Gasteiger partial charge in [0.1, 0.15) is 5.82 Å². The van der Waals surface area contributed by atoms with Gasteiger partial charge in [-0.1, -0.05) is 25.1 Å². The number of hydrogen-bond acceptors (Lipinski definition) is 4. The van der Waals surface area contributed by atoms with Gasteiger partial charge in [0, 0.05) is 25.7 Å². The standard InChI is InChI=1S/C25H31FN4O/c1-3-19-6-7-23-24(15-19)30(25(31)17-28-23)13-12-29-10-8-21(9-11-29)27-16-20-5-4-18(2)22(26)14-20/h4-7,14-15,17,21,27H,3,8-13,16H2,1-2H3. The smallest absolute Gasteiger partial charge is 0.269 e. The highest BCUT2D eigenvalue weighted by molar-refractivity contribution is 5.75. The summed E-state index contributed by atoms with van der Waals surface area (Å²) in [6.45, 7) is 8.12. The largest absolute Gasteiger partial charge is 0.310 e. The van der Waals surface area contributed by atoms with Crippen molar-refractivity contribution in [3.8, 4) is 0 Å². The fourth-order valence-electron chi connectivity index (χ4n) is 4.27. The third-order valence-corrected chi connectivity index (χ3v) is 6.38. The molecule has 1 aromatic heterocycles. The van der Waals surface area contributed by atoms with Crippen LogP contribution in [0.5, 0.6) is 0 Å². The molecule has 1 aliphatic rings. The molecule has 0 spiro atoms. The number of nitrogens with zero attached hydrogens (tertiary/aromatic N) is 3. The number of aryl methyl sites for hydroxylation is 2. The third-order valence-electron chi connectivity index (χ3n) is 6.38. The molecule has 3 aromatic rings. The second-order valence-electron chi connectivity index (χ2n) is 8.51. The SMILES string of the molecule is CCc1ccc2ncc(=O)n(CCN3CCC(NCc4ccc(C)c(F)c4)CC3)c2c1. The van der Waals surface area contributed by atoms with E-state index < -0.39 is 0 Å². The number of halogens is 1. The number of likely N-dealkylation sites (tertiary alicyclic amines) is 1. The van der Waals surface area contributed by atoms with Crippen LogP contribution in [-0.2, 0) is 19.5 Å². The number of fused-ring (bicyclic) bond motifs is 1. The molecule has 1 saturated heterocycles. The Morgan fingerprint density at radius 3 is 2.61 bits per heavy atom. The maximum absolute atomic E-state index is 13.7. The van der Waals surface area contributed by atoms with Crippen LogP contribution in [0, 0.1) is 12.7 Å². The molecule has 6 heteroatoms. The summed E-state index contributed by atoms with van der Waals surface area (Å²) in [5.41, 5.74) is 4.64. The monoisotopic (exact) mass is 422 g/mol. The maximum atomic E-state index is 13.7. The Balaban J connectivity index is 1.31. The predicted molar refractivity (Wildman–Crippen MR) is 123 cm³/mol. The van der Waals surface area contributed by atoms with Gasteiger partial charge >= 0.3 is 0 Å². The minimum absolute atomic E-state index is 0.0392. The molecule has 0 unspecified atom stereocenters. The van der Waals surface area contributed by atoms with Crippen molar-refractivity contribution in [1.29, 1.82) is 0 Å². The van der Waals surface area contributed by atoms with E-state index >= 15 is 0 Å². The molecule has 0 radical (unpaired) electrons. The minimum atomic E-state index is -0.140. The van der Waals surface area contributed by atoms with Crippen molar-refractivity contribution in [2.45, 2.75) is 52.2 Å². The van der Waals surface area contributed by atoms with Crippen LogP contribution in [0.3, 0.4) is 0 Å². The average Bonchev–Trinajstić information content (AvgIpc) is 2.79. The molecule has 1 aliphatic heterocycles. The van der Waals surface area contributed by atoms with E-state index in [9.17, 15) is 9.18 Å². The van der Waals surface area contributed by atoms with Crippen LogP contribution < -0.4 is 10.9 Å². The predicted octanol–water partition coefficient (Wildman–Crippen LogP) is 3.66. The van der Waals surface area contributed by atoms with Gasteiger partial charge in [0.25, 0.3) is 5.56 Å². The van der Waals surface area contributed by atoms with Crippen molar-refractivity contribution in [3.05, 3.63) is 75.5 Å². The molecular formula is C25H31FN4O. The zero-order valence-electron chi connectivity index (χ0n) is 18.4. The Bertz CT molecular complexity index is 1100. The summed E-state index contributed by atoms with van der Waals surface area (Å²) in [5.74, 6) is -0.140. The zero-order chi connectivity index (χ0) is 21.8. The van der Waals surface area contributed by atoms with Gasteiger partial charge in [-0.3, -0.25) is 4.79 Å². The van der Waals surface area contributed by atoms with Gasteiger partial charge in [-0.2, -0.15) is 0 Å². The highest BCUT2D eigenvalue weighted by Crippen LogP contribution is 2.15. The summed E-state index contributed by atoms with van der Waals surface area (Å²) < 4.78 is 15.6. The molecule has 31 heavy (non-hydrogen) atoms. The van der Waals surface area contributed by atoms with Crippen LogP contribution in [0.1, 0.15) is 36.5 Å². The molecule has 0 bridgehead atoms. The van der Waals surface area contributed by atoms with E-state index in [1.54, 1.807) is 13.0 Å². The molecule has 0 atom stereocenters. The highest BCUT2D eigenvalue weighted by Gasteiger charge is 2.19. The minimum Gasteiger partial charge on any atom is -0.310 e. The van der Waals surface area contributed by atoms with E-state index in [4.69, 9.17) is 0 Å². The number of hydrogen-bond donors (Lipinski definition) is 1. The molecular weight excluding hydrogens is 391 g/mol. The van der Waals surface area contributed by atoms with Gasteiger partial charge in [0.2, 0.25) is 0 Å². The maximum Gasteiger partial charge on any atom is 0.269 e. The number of nitrogens with one attached hydrogen (secondary N) is 1. The van der Waals surface area contributed by atoms with E-state index in [-0.39, 0.29) is 11.4 Å². The summed E-state index contributed by atoms with van der Waals surface area (Å²) in [7, 11) is 0. The lowest BCUT2D eigenvalue weighted by Gasteiger charge is -2.32. The van der Waals surface area contributed by atoms with Crippen molar-refractivity contribution in [2.24, 2.45) is 0 Å². The average molecular weight is 423 g/mol. The van der Waals surface area contributed by atoms with Crippen LogP contribution in [-0.4, -0.2) is 40.1 Å². The normalized spacial score (nSPS) is 15.6. The van der Waals surface area contributed by atoms with Crippen molar-refractivity contribution in [2.75, 3.05) is 19.6 Å². The van der Waals surface area contributed by atoms with Crippen LogP contribution in [0.25, 0.3) is 11.0 Å². The van der Waals surface area contributed by atoms with Crippen molar-refractivity contribution >= 4 is 11.0 Å². The van der Waals surface area contributed by atoms with Crippen molar-refractivity contribution in [3.63, 3.8) is 0 Å². The first-order chi connectivity index (χ1) is 15.0. The lowest BCUT2D eigenvalue weighted by Crippen LogP contribution is -2.43. The van der Waals surface area contributed by atoms with Crippen LogP contribution >= 0.6 is 0 Å². The van der Waals surface area contributed by atoms with Gasteiger partial charge in [-0.25, -0.2) is 9.37 Å². The summed E-state index contributed by atoms with van der Waals surface area (Å²) in [4.78, 5) is 19.2. The van der Waals surface area contributed by atoms with E-state index in [1.165, 1.54) is 11.8 Å². The summed E-state index contributed by atoms with van der Waals surface area (Å²) in [6.07, 6.45) is 4.48. The molecule has 0 amide bonds. The van der Waals surface area contributed by atoms with E-state index in [0.717, 1.165) is 55.5 Å². The highest BCUT2D eigenvalue weighted by atomic mass is 19.1. The van der Waals surface area contributed by atoms with Gasteiger partial charge in [0.05, 0.1) is 17.2 Å². The topological polar surface area (TPSA) is 50.2 Å². The number of aromatic nitrogens is 2. The molecule has 1 fully saturated rings. The Kier molecular flexibility index (Phi) is 6.78. The van der Waals surface area contributed by atoms with Crippen LogP contribution in [0.4, 0.5) is 4.39 Å². The van der Waals surface area contributed by atoms with Gasteiger partial charge in [-0.05, 0) is 74.2 Å². The first kappa shape index (κ1) is 21.7. The fourth-order valence-corrected chi connectivity index (χ4v) is 4.27. The van der Waals surface area contributed by atoms with Gasteiger partial charge in [-0.15, -0.1) is 0 Å². The number of piperidine rings is 1. The molecule has 5 nitrogen and oxygen atoms in total. The number of benzene rings is 2. The first-order valence-corrected chi connectivity index (χ1v) is 11.2. The lowest BCUT2D eigenvalue weighted by atomic mass is 10.0. The molecule has 0 saturated carbocycles. The molecule has 2 heterocycles. The zero-order valence-corrected chi connectivity index (χ0v) is 18.4. The van der Waals surface area contributed by atoms with Gasteiger partial charge < -0.3 is 14.8 Å².